The summed E-state index contributed by atoms with van der Waals surface area (Å²) in [5, 5.41) is 41.3. The van der Waals surface area contributed by atoms with E-state index in [1.54, 1.807) is 20.8 Å². The van der Waals surface area contributed by atoms with E-state index in [9.17, 15) is 19.8 Å². The molecule has 0 aliphatic rings. The molecule has 0 atom stereocenters. The fourth-order valence-corrected chi connectivity index (χ4v) is 0.118. The van der Waals surface area contributed by atoms with Gasteiger partial charge in [0.1, 0.15) is 0 Å². The van der Waals surface area contributed by atoms with Crippen molar-refractivity contribution in [1.29, 1.82) is 0 Å². The van der Waals surface area contributed by atoms with Crippen LogP contribution < -0.4 is 22.5 Å². The maximum atomic E-state index is 9.28. The maximum Gasteiger partial charge on any atom is 0.0470 e. The van der Waals surface area contributed by atoms with E-state index in [1.165, 1.54) is 0 Å². The molecule has 18 heavy (non-hydrogen) atoms. The summed E-state index contributed by atoms with van der Waals surface area (Å²) in [4.78, 5) is 18.6. The van der Waals surface area contributed by atoms with Crippen molar-refractivity contribution in [2.45, 2.75) is 27.2 Å². The van der Waals surface area contributed by atoms with Gasteiger partial charge in [0, 0.05) is 38.2 Å². The number of hydrogen-bond acceptors (Lipinski definition) is 7. The van der Waals surface area contributed by atoms with Crippen molar-refractivity contribution in [3.05, 3.63) is 0 Å². The molecule has 9 nitrogen and oxygen atoms in total. The predicted octanol–water partition coefficient (Wildman–Crippen LogP) is -2.38. The molecule has 0 saturated carbocycles. The van der Waals surface area contributed by atoms with Gasteiger partial charge in [0.2, 0.25) is 0 Å². The number of carboxylic acids is 2. The lowest BCUT2D eigenvalue weighted by Gasteiger charge is -1.99. The van der Waals surface area contributed by atoms with Crippen LogP contribution in [0, 0.1) is 0 Å². The van der Waals surface area contributed by atoms with Gasteiger partial charge in [-0.15, -0.1) is 0 Å². The third kappa shape index (κ3) is 371. The highest BCUT2D eigenvalue weighted by molar-refractivity contribution is 5.86. The third-order valence-electron chi connectivity index (χ3n) is 0.289. The molecule has 0 fully saturated rings. The molecule has 0 aromatic carbocycles. The van der Waals surface area contributed by atoms with Crippen LogP contribution >= 0.6 is 0 Å². The second-order valence-corrected chi connectivity index (χ2v) is 1.87. The molecule has 0 rings (SSSR count). The summed E-state index contributed by atoms with van der Waals surface area (Å²) in [5.74, 6) is -3.25. The average molecular weight is 276 g/mol. The molecule has 0 aromatic rings. The Balaban J connectivity index is -0.0000000284. The van der Waals surface area contributed by atoms with Crippen LogP contribution in [-0.4, -0.2) is 47.1 Å². The molecule has 0 radical (unpaired) electrons. The minimum absolute atomic E-state index is 0. The molecule has 0 aliphatic carbocycles. The smallest absolute Gasteiger partial charge is 0.0470 e. The predicted molar refractivity (Wildman–Crippen MR) is 64.9 cm³/mol. The minimum atomic E-state index is -1.63. The van der Waals surface area contributed by atoms with Crippen LogP contribution in [0.15, 0.2) is 0 Å². The molecule has 11 N–H and O–H groups in total. The number of carbonyl (C=O) groups excluding carboxylic acids is 2. The first-order valence-corrected chi connectivity index (χ1v) is 4.59. The number of aliphatic hydroxyl groups is 3. The van der Waals surface area contributed by atoms with Gasteiger partial charge in [-0.3, -0.25) is 0 Å². The van der Waals surface area contributed by atoms with E-state index >= 15 is 0 Å². The number of rotatable bonds is 2. The van der Waals surface area contributed by atoms with Crippen LogP contribution in [0.2, 0.25) is 0 Å². The highest BCUT2D eigenvalue weighted by Crippen LogP contribution is 1.66. The van der Waals surface area contributed by atoms with Gasteiger partial charge >= 0.3 is 0 Å². The number of aliphatic carboxylic acids is 2. The topological polar surface area (TPSA) is 214 Å². The van der Waals surface area contributed by atoms with Crippen LogP contribution in [0.1, 0.15) is 27.2 Å². The first kappa shape index (κ1) is 36.0. The molecule has 0 unspecified atom stereocenters. The summed E-state index contributed by atoms with van der Waals surface area (Å²) in [6.45, 7) is 5.79. The van der Waals surface area contributed by atoms with Crippen LogP contribution in [0.25, 0.3) is 0 Å². The van der Waals surface area contributed by atoms with E-state index in [2.05, 4.69) is 0 Å². The zero-order valence-corrected chi connectivity index (χ0v) is 11.8. The normalized spacial score (nSPS) is 6.11. The molecule has 0 heterocycles. The number of aliphatic hydroxyl groups excluding tert-OH is 3. The average Bonchev–Trinajstić information content (AvgIpc) is 2.04. The van der Waals surface area contributed by atoms with Crippen molar-refractivity contribution >= 4 is 11.9 Å². The van der Waals surface area contributed by atoms with E-state index in [-0.39, 0.29) is 32.1 Å². The Morgan fingerprint density at radius 1 is 0.778 bits per heavy atom. The van der Waals surface area contributed by atoms with Gasteiger partial charge in [-0.05, 0) is 20.8 Å². The van der Waals surface area contributed by atoms with Gasteiger partial charge in [0.05, 0.1) is 0 Å². The minimum Gasteiger partial charge on any atom is -0.550 e. The Kier molecular flexibility index (Phi) is 89.4. The molecule has 0 aliphatic heterocycles. The second-order valence-electron chi connectivity index (χ2n) is 1.87. The lowest BCUT2D eigenvalue weighted by atomic mass is 10.5. The summed E-state index contributed by atoms with van der Waals surface area (Å²) >= 11 is 0. The fourth-order valence-electron chi connectivity index (χ4n) is 0.118. The van der Waals surface area contributed by atoms with Gasteiger partial charge < -0.3 is 47.4 Å². The Hall–Kier alpha value is -1.26. The third-order valence-corrected chi connectivity index (χ3v) is 0.289. The Bertz CT molecular complexity index is 128. The molecule has 9 heteroatoms. The molecule has 0 aromatic heterocycles. The number of carbonyl (C=O) groups is 2. The summed E-state index contributed by atoms with van der Waals surface area (Å²) in [6.07, 6.45) is -1.03. The largest absolute Gasteiger partial charge is 0.550 e. The van der Waals surface area contributed by atoms with Crippen molar-refractivity contribution < 1.29 is 35.1 Å². The summed E-state index contributed by atoms with van der Waals surface area (Å²) in [5.41, 5.74) is 0. The standard InChI is InChI=1S/C3H4O4.3C2H6O.2H3N/c4-2(5)1-3(6)7;3*1-2-3;;/h1H2,(H,4,5)(H,6,7);3*3H,2H2,1H3;2*1H3. The van der Waals surface area contributed by atoms with Crippen LogP contribution in [0.3, 0.4) is 0 Å². The lowest BCUT2D eigenvalue weighted by Crippen LogP contribution is -2.32. The van der Waals surface area contributed by atoms with E-state index in [4.69, 9.17) is 15.3 Å². The highest BCUT2D eigenvalue weighted by atomic mass is 16.4. The zero-order chi connectivity index (χ0) is 14.0. The summed E-state index contributed by atoms with van der Waals surface area (Å²) in [6, 6.07) is 0. The van der Waals surface area contributed by atoms with Crippen molar-refractivity contribution in [2.75, 3.05) is 19.8 Å². The van der Waals surface area contributed by atoms with Gasteiger partial charge in [0.25, 0.3) is 0 Å². The van der Waals surface area contributed by atoms with E-state index in [0.29, 0.717) is 0 Å². The van der Waals surface area contributed by atoms with Gasteiger partial charge in [-0.1, -0.05) is 0 Å². The quantitative estimate of drug-likeness (QED) is 0.345. The highest BCUT2D eigenvalue weighted by Gasteiger charge is 1.81. The first-order valence-electron chi connectivity index (χ1n) is 4.59. The SMILES string of the molecule is CCO.CCO.CCO.O=C([O-])CC(=O)[O-].[NH4+].[NH4+]. The van der Waals surface area contributed by atoms with Crippen molar-refractivity contribution in [1.82, 2.24) is 12.3 Å². The Morgan fingerprint density at radius 2 is 0.889 bits per heavy atom. The molecule has 0 bridgehead atoms. The number of carboxylic acid groups (broad SMARTS) is 2. The molecular formula is C9H28N2O7. The summed E-state index contributed by atoms with van der Waals surface area (Å²) < 4.78 is 0. The Labute approximate surface area is 107 Å². The lowest BCUT2D eigenvalue weighted by molar-refractivity contribution is -0.322. The first-order chi connectivity index (χ1) is 7.37. The molecule has 0 saturated heterocycles. The van der Waals surface area contributed by atoms with Gasteiger partial charge in [-0.25, -0.2) is 0 Å². The van der Waals surface area contributed by atoms with Crippen LogP contribution in [0.4, 0.5) is 0 Å². The number of quaternary nitrogens is 2. The summed E-state index contributed by atoms with van der Waals surface area (Å²) in [7, 11) is 0. The van der Waals surface area contributed by atoms with Crippen LogP contribution in [-0.2, 0) is 9.59 Å². The molecule has 116 valence electrons. The second kappa shape index (κ2) is 44.8. The fraction of sp³-hybridized carbons (Fsp3) is 0.778. The van der Waals surface area contributed by atoms with Gasteiger partial charge in [0.15, 0.2) is 0 Å². The maximum absolute atomic E-state index is 9.28. The van der Waals surface area contributed by atoms with Crippen molar-refractivity contribution in [3.63, 3.8) is 0 Å². The monoisotopic (exact) mass is 276 g/mol. The Morgan fingerprint density at radius 3 is 0.889 bits per heavy atom. The van der Waals surface area contributed by atoms with E-state index < -0.39 is 18.4 Å². The van der Waals surface area contributed by atoms with Gasteiger partial charge in [-0.2, -0.15) is 0 Å². The molecule has 0 amide bonds. The van der Waals surface area contributed by atoms with Crippen LogP contribution in [0.5, 0.6) is 0 Å². The van der Waals surface area contributed by atoms with E-state index in [1.807, 2.05) is 0 Å². The van der Waals surface area contributed by atoms with Crippen molar-refractivity contribution in [3.8, 4) is 0 Å². The van der Waals surface area contributed by atoms with E-state index in [0.717, 1.165) is 0 Å². The van der Waals surface area contributed by atoms with Crippen molar-refractivity contribution in [2.24, 2.45) is 0 Å². The number of hydrogen-bond donors (Lipinski definition) is 5. The zero-order valence-electron chi connectivity index (χ0n) is 11.8. The molecular weight excluding hydrogens is 248 g/mol. The molecule has 0 spiro atoms.